The topological polar surface area (TPSA) is 118 Å². The molecule has 0 amide bonds. The zero-order chi connectivity index (χ0) is 15.0. The first kappa shape index (κ1) is 14.6. The molecule has 0 saturated heterocycles. The van der Waals surface area contributed by atoms with Gasteiger partial charge in [0.15, 0.2) is 0 Å². The maximum Gasteiger partial charge on any atom is 0.336 e. The van der Waals surface area contributed by atoms with Gasteiger partial charge < -0.3 is 10.2 Å². The Morgan fingerprint density at radius 3 is 2.00 bits per heavy atom. The van der Waals surface area contributed by atoms with Crippen LogP contribution in [0.25, 0.3) is 0 Å². The number of benzene rings is 1. The first-order chi connectivity index (χ1) is 8.55. The largest absolute Gasteiger partial charge is 0.478 e. The van der Waals surface area contributed by atoms with E-state index in [1.54, 1.807) is 20.8 Å². The second kappa shape index (κ2) is 4.68. The van der Waals surface area contributed by atoms with Gasteiger partial charge in [-0.1, -0.05) is 20.8 Å². The van der Waals surface area contributed by atoms with Crippen LogP contribution in [0.4, 0.5) is 5.69 Å². The van der Waals surface area contributed by atoms with Gasteiger partial charge in [0, 0.05) is 12.1 Å². The Labute approximate surface area is 108 Å². The van der Waals surface area contributed by atoms with Crippen LogP contribution >= 0.6 is 0 Å². The predicted molar refractivity (Wildman–Crippen MR) is 65.7 cm³/mol. The summed E-state index contributed by atoms with van der Waals surface area (Å²) in [6.07, 6.45) is 0. The minimum absolute atomic E-state index is 0.117. The van der Waals surface area contributed by atoms with Crippen molar-refractivity contribution in [2.75, 3.05) is 0 Å². The van der Waals surface area contributed by atoms with Crippen molar-refractivity contribution in [3.8, 4) is 0 Å². The Morgan fingerprint density at radius 2 is 1.68 bits per heavy atom. The molecule has 102 valence electrons. The Kier molecular flexibility index (Phi) is 3.60. The fraction of sp³-hybridized carbons (Fsp3) is 0.333. The summed E-state index contributed by atoms with van der Waals surface area (Å²) in [7, 11) is 0. The molecule has 0 aliphatic carbocycles. The summed E-state index contributed by atoms with van der Waals surface area (Å²) in [6, 6.07) is 1.87. The summed E-state index contributed by atoms with van der Waals surface area (Å²) in [5.41, 5.74) is -2.04. The van der Waals surface area contributed by atoms with E-state index < -0.39 is 39.1 Å². The Bertz CT molecular complexity index is 570. The van der Waals surface area contributed by atoms with Gasteiger partial charge in [-0.15, -0.1) is 0 Å². The van der Waals surface area contributed by atoms with Crippen molar-refractivity contribution in [2.45, 2.75) is 26.2 Å². The number of nitrogens with zero attached hydrogens (tertiary/aromatic N) is 1. The number of carboxylic acid groups (broad SMARTS) is 2. The van der Waals surface area contributed by atoms with Gasteiger partial charge in [-0.2, -0.15) is 0 Å². The van der Waals surface area contributed by atoms with Crippen molar-refractivity contribution in [3.63, 3.8) is 0 Å². The highest BCUT2D eigenvalue weighted by Gasteiger charge is 2.30. The summed E-state index contributed by atoms with van der Waals surface area (Å²) >= 11 is 0. The number of nitro groups is 1. The van der Waals surface area contributed by atoms with E-state index in [1.807, 2.05) is 0 Å². The molecule has 7 nitrogen and oxygen atoms in total. The van der Waals surface area contributed by atoms with Crippen LogP contribution in [0.3, 0.4) is 0 Å². The fourth-order valence-corrected chi connectivity index (χ4v) is 1.72. The molecule has 19 heavy (non-hydrogen) atoms. The number of hydrogen-bond donors (Lipinski definition) is 2. The van der Waals surface area contributed by atoms with Gasteiger partial charge in [0.05, 0.1) is 16.1 Å². The van der Waals surface area contributed by atoms with Crippen LogP contribution in [0.2, 0.25) is 0 Å². The number of rotatable bonds is 3. The molecule has 1 rings (SSSR count). The lowest BCUT2D eigenvalue weighted by Crippen LogP contribution is -2.21. The SMILES string of the molecule is CC(C)(C)c1cc([N+](=O)[O-])cc(C(=O)O)c1C(=O)O. The Morgan fingerprint density at radius 1 is 1.16 bits per heavy atom. The number of non-ortho nitro benzene ring substituents is 1. The summed E-state index contributed by atoms with van der Waals surface area (Å²) in [5.74, 6) is -2.93. The van der Waals surface area contributed by atoms with Crippen molar-refractivity contribution in [3.05, 3.63) is 38.9 Å². The maximum atomic E-state index is 11.2. The van der Waals surface area contributed by atoms with Crippen LogP contribution in [0.1, 0.15) is 47.1 Å². The van der Waals surface area contributed by atoms with Gasteiger partial charge >= 0.3 is 11.9 Å². The molecular weight excluding hydrogens is 254 g/mol. The van der Waals surface area contributed by atoms with Gasteiger partial charge in [0.25, 0.3) is 5.69 Å². The van der Waals surface area contributed by atoms with E-state index in [4.69, 9.17) is 10.2 Å². The second-order valence-electron chi connectivity index (χ2n) is 5.03. The highest BCUT2D eigenvalue weighted by molar-refractivity contribution is 6.03. The van der Waals surface area contributed by atoms with Crippen molar-refractivity contribution in [2.24, 2.45) is 0 Å². The molecule has 0 spiro atoms. The Balaban J connectivity index is 3.81. The number of aromatic carboxylic acids is 2. The number of carbonyl (C=O) groups is 2. The van der Waals surface area contributed by atoms with E-state index in [0.717, 1.165) is 12.1 Å². The number of carboxylic acids is 2. The summed E-state index contributed by atoms with van der Waals surface area (Å²) in [4.78, 5) is 32.4. The lowest BCUT2D eigenvalue weighted by molar-refractivity contribution is -0.385. The highest BCUT2D eigenvalue weighted by Crippen LogP contribution is 2.32. The second-order valence-corrected chi connectivity index (χ2v) is 5.03. The van der Waals surface area contributed by atoms with Crippen LogP contribution in [-0.4, -0.2) is 27.1 Å². The monoisotopic (exact) mass is 267 g/mol. The van der Waals surface area contributed by atoms with Crippen molar-refractivity contribution in [1.82, 2.24) is 0 Å². The molecule has 0 atom stereocenters. The molecule has 1 aromatic rings. The predicted octanol–water partition coefficient (Wildman–Crippen LogP) is 2.29. The van der Waals surface area contributed by atoms with Gasteiger partial charge in [0.1, 0.15) is 0 Å². The standard InChI is InChI=1S/C12H13NO6/c1-12(2,3)8-5-6(13(18)19)4-7(10(14)15)9(8)11(16)17/h4-5H,1-3H3,(H,14,15)(H,16,17). The molecule has 0 aromatic heterocycles. The maximum absolute atomic E-state index is 11.2. The van der Waals surface area contributed by atoms with E-state index in [1.165, 1.54) is 0 Å². The molecule has 0 bridgehead atoms. The zero-order valence-electron chi connectivity index (χ0n) is 10.6. The molecule has 0 saturated carbocycles. The van der Waals surface area contributed by atoms with Crippen LogP contribution in [0.5, 0.6) is 0 Å². The molecule has 2 N–H and O–H groups in total. The van der Waals surface area contributed by atoms with Crippen LogP contribution in [-0.2, 0) is 5.41 Å². The average Bonchev–Trinajstić information content (AvgIpc) is 2.25. The lowest BCUT2D eigenvalue weighted by Gasteiger charge is -2.22. The number of hydrogen-bond acceptors (Lipinski definition) is 4. The van der Waals surface area contributed by atoms with Gasteiger partial charge in [-0.05, 0) is 11.0 Å². The third-order valence-electron chi connectivity index (χ3n) is 2.59. The minimum Gasteiger partial charge on any atom is -0.478 e. The average molecular weight is 267 g/mol. The minimum atomic E-state index is -1.51. The van der Waals surface area contributed by atoms with Gasteiger partial charge in [-0.3, -0.25) is 10.1 Å². The molecule has 0 radical (unpaired) electrons. The molecule has 0 unspecified atom stereocenters. The van der Waals surface area contributed by atoms with Crippen molar-refractivity contribution in [1.29, 1.82) is 0 Å². The van der Waals surface area contributed by atoms with Gasteiger partial charge in [0.2, 0.25) is 0 Å². The molecular formula is C12H13NO6. The van der Waals surface area contributed by atoms with Gasteiger partial charge in [-0.25, -0.2) is 9.59 Å². The Hall–Kier alpha value is -2.44. The smallest absolute Gasteiger partial charge is 0.336 e. The van der Waals surface area contributed by atoms with Crippen LogP contribution in [0, 0.1) is 10.1 Å². The fourth-order valence-electron chi connectivity index (χ4n) is 1.72. The summed E-state index contributed by atoms with van der Waals surface area (Å²) in [6.45, 7) is 4.97. The molecule has 0 fully saturated rings. The third-order valence-corrected chi connectivity index (χ3v) is 2.59. The summed E-state index contributed by atoms with van der Waals surface area (Å²) < 4.78 is 0. The molecule has 7 heteroatoms. The quantitative estimate of drug-likeness (QED) is 0.640. The van der Waals surface area contributed by atoms with Crippen LogP contribution in [0.15, 0.2) is 12.1 Å². The molecule has 0 heterocycles. The van der Waals surface area contributed by atoms with E-state index in [9.17, 15) is 19.7 Å². The lowest BCUT2D eigenvalue weighted by atomic mass is 9.81. The van der Waals surface area contributed by atoms with Crippen LogP contribution < -0.4 is 0 Å². The number of nitro benzene ring substituents is 1. The molecule has 0 aliphatic rings. The highest BCUT2D eigenvalue weighted by atomic mass is 16.6. The van der Waals surface area contributed by atoms with E-state index in [-0.39, 0.29) is 5.56 Å². The van der Waals surface area contributed by atoms with E-state index in [0.29, 0.717) is 0 Å². The molecule has 0 aliphatic heterocycles. The first-order valence-electron chi connectivity index (χ1n) is 5.35. The van der Waals surface area contributed by atoms with Crippen molar-refractivity contribution < 1.29 is 24.7 Å². The van der Waals surface area contributed by atoms with Crippen molar-refractivity contribution >= 4 is 17.6 Å². The first-order valence-corrected chi connectivity index (χ1v) is 5.35. The zero-order valence-corrected chi connectivity index (χ0v) is 10.6. The van der Waals surface area contributed by atoms with E-state index in [2.05, 4.69) is 0 Å². The summed E-state index contributed by atoms with van der Waals surface area (Å²) in [5, 5.41) is 29.0. The molecule has 1 aromatic carbocycles. The third kappa shape index (κ3) is 2.87. The normalized spacial score (nSPS) is 11.1. The van der Waals surface area contributed by atoms with E-state index >= 15 is 0 Å².